The molecule has 0 saturated carbocycles. The van der Waals surface area contributed by atoms with Crippen molar-refractivity contribution in [3.63, 3.8) is 0 Å². The van der Waals surface area contributed by atoms with Crippen LogP contribution in [0, 0.1) is 6.92 Å². The molecule has 1 amide bonds. The summed E-state index contributed by atoms with van der Waals surface area (Å²) in [4.78, 5) is 24.4. The largest absolute Gasteiger partial charge is 0.496 e. The first kappa shape index (κ1) is 16.0. The lowest BCUT2D eigenvalue weighted by Gasteiger charge is -2.36. The fourth-order valence-corrected chi connectivity index (χ4v) is 2.22. The topological polar surface area (TPSA) is 66.8 Å². The molecule has 1 aromatic rings. The van der Waals surface area contributed by atoms with Crippen LogP contribution in [0.5, 0.6) is 5.75 Å². The van der Waals surface area contributed by atoms with Crippen molar-refractivity contribution in [2.45, 2.75) is 32.7 Å². The molecule has 0 fully saturated rings. The van der Waals surface area contributed by atoms with Gasteiger partial charge in [-0.3, -0.25) is 4.79 Å². The average molecular weight is 279 g/mol. The summed E-state index contributed by atoms with van der Waals surface area (Å²) in [7, 11) is 1.49. The van der Waals surface area contributed by atoms with Crippen LogP contribution in [0.2, 0.25) is 0 Å². The van der Waals surface area contributed by atoms with Crippen molar-refractivity contribution in [2.24, 2.45) is 0 Å². The van der Waals surface area contributed by atoms with Crippen LogP contribution in [0.3, 0.4) is 0 Å². The second-order valence-corrected chi connectivity index (χ2v) is 4.88. The molecule has 5 heteroatoms. The van der Waals surface area contributed by atoms with Gasteiger partial charge in [-0.1, -0.05) is 18.6 Å². The van der Waals surface area contributed by atoms with E-state index in [2.05, 4.69) is 0 Å². The van der Waals surface area contributed by atoms with Gasteiger partial charge in [-0.05, 0) is 32.4 Å². The Bertz CT molecular complexity index is 501. The smallest absolute Gasteiger partial charge is 0.334 e. The maximum absolute atomic E-state index is 11.8. The monoisotopic (exact) mass is 279 g/mol. The van der Waals surface area contributed by atoms with Crippen molar-refractivity contribution in [1.29, 1.82) is 0 Å². The molecule has 0 heterocycles. The number of carboxylic acids is 1. The number of carboxylic acid groups (broad SMARTS) is 1. The standard InChI is InChI=1S/C15H21NO4/c1-5-8-16(10-17)15(3,14(18)19)12-9-11(2)6-7-13(12)20-4/h6-7,9-10H,5,8H2,1-4H3,(H,18,19). The van der Waals surface area contributed by atoms with Gasteiger partial charge in [0, 0.05) is 12.1 Å². The molecule has 0 radical (unpaired) electrons. The SMILES string of the molecule is CCCN(C=O)C(C)(C(=O)O)c1cc(C)ccc1OC. The molecule has 1 aromatic carbocycles. The van der Waals surface area contributed by atoms with Gasteiger partial charge >= 0.3 is 5.97 Å². The first-order chi connectivity index (χ1) is 9.41. The molecule has 1 rings (SSSR count). The van der Waals surface area contributed by atoms with Crippen LogP contribution in [0.4, 0.5) is 0 Å². The van der Waals surface area contributed by atoms with Gasteiger partial charge in [-0.2, -0.15) is 0 Å². The van der Waals surface area contributed by atoms with E-state index in [4.69, 9.17) is 4.74 Å². The van der Waals surface area contributed by atoms with Crippen molar-refractivity contribution >= 4 is 12.4 Å². The van der Waals surface area contributed by atoms with Crippen molar-refractivity contribution in [1.82, 2.24) is 4.90 Å². The Labute approximate surface area is 119 Å². The molecule has 5 nitrogen and oxygen atoms in total. The number of amides is 1. The quantitative estimate of drug-likeness (QED) is 0.777. The molecule has 1 unspecified atom stereocenters. The molecule has 0 saturated heterocycles. The van der Waals surface area contributed by atoms with E-state index >= 15 is 0 Å². The second kappa shape index (κ2) is 6.41. The summed E-state index contributed by atoms with van der Waals surface area (Å²) in [5.41, 5.74) is -0.0570. The Morgan fingerprint density at radius 2 is 2.15 bits per heavy atom. The fourth-order valence-electron chi connectivity index (χ4n) is 2.22. The molecule has 0 aliphatic rings. The number of benzene rings is 1. The van der Waals surface area contributed by atoms with Gasteiger partial charge < -0.3 is 14.7 Å². The Morgan fingerprint density at radius 3 is 2.60 bits per heavy atom. The first-order valence-corrected chi connectivity index (χ1v) is 6.52. The van der Waals surface area contributed by atoms with Gasteiger partial charge in [0.05, 0.1) is 7.11 Å². The number of carbonyl (C=O) groups is 2. The van der Waals surface area contributed by atoms with Crippen LogP contribution in [-0.2, 0) is 15.1 Å². The summed E-state index contributed by atoms with van der Waals surface area (Å²) in [6.07, 6.45) is 1.26. The maximum atomic E-state index is 11.8. The van der Waals surface area contributed by atoms with Gasteiger partial charge in [-0.25, -0.2) is 4.79 Å². The van der Waals surface area contributed by atoms with Crippen LogP contribution < -0.4 is 4.74 Å². The number of aliphatic carboxylic acids is 1. The Kier molecular flexibility index (Phi) is 5.13. The molecule has 0 bridgehead atoms. The maximum Gasteiger partial charge on any atom is 0.334 e. The van der Waals surface area contributed by atoms with Crippen LogP contribution in [0.15, 0.2) is 18.2 Å². The van der Waals surface area contributed by atoms with Crippen LogP contribution >= 0.6 is 0 Å². The molecular formula is C15H21NO4. The normalized spacial score (nSPS) is 13.4. The van der Waals surface area contributed by atoms with E-state index in [1.54, 1.807) is 12.1 Å². The zero-order valence-corrected chi connectivity index (χ0v) is 12.3. The molecular weight excluding hydrogens is 258 g/mol. The minimum absolute atomic E-state index is 0.364. The first-order valence-electron chi connectivity index (χ1n) is 6.52. The number of carbonyl (C=O) groups excluding carboxylic acids is 1. The predicted octanol–water partition coefficient (Wildman–Crippen LogP) is 2.17. The second-order valence-electron chi connectivity index (χ2n) is 4.88. The highest BCUT2D eigenvalue weighted by molar-refractivity contribution is 5.84. The van der Waals surface area contributed by atoms with Crippen molar-refractivity contribution in [2.75, 3.05) is 13.7 Å². The lowest BCUT2D eigenvalue weighted by molar-refractivity contribution is -0.155. The van der Waals surface area contributed by atoms with E-state index in [-0.39, 0.29) is 0 Å². The van der Waals surface area contributed by atoms with Crippen molar-refractivity contribution in [3.05, 3.63) is 29.3 Å². The van der Waals surface area contributed by atoms with Gasteiger partial charge in [0.25, 0.3) is 0 Å². The van der Waals surface area contributed by atoms with E-state index in [1.165, 1.54) is 18.9 Å². The van der Waals surface area contributed by atoms with Crippen LogP contribution in [0.1, 0.15) is 31.4 Å². The molecule has 0 spiro atoms. The van der Waals surface area contributed by atoms with E-state index in [1.807, 2.05) is 19.9 Å². The Hall–Kier alpha value is -2.04. The third-order valence-corrected chi connectivity index (χ3v) is 3.46. The number of hydrogen-bond acceptors (Lipinski definition) is 3. The summed E-state index contributed by atoms with van der Waals surface area (Å²) >= 11 is 0. The third-order valence-electron chi connectivity index (χ3n) is 3.46. The zero-order valence-electron chi connectivity index (χ0n) is 12.3. The highest BCUT2D eigenvalue weighted by atomic mass is 16.5. The Balaban J connectivity index is 3.50. The lowest BCUT2D eigenvalue weighted by Crippen LogP contribution is -2.49. The number of methoxy groups -OCH3 is 1. The molecule has 110 valence electrons. The van der Waals surface area contributed by atoms with E-state index in [9.17, 15) is 14.7 Å². The van der Waals surface area contributed by atoms with Crippen LogP contribution in [0.25, 0.3) is 0 Å². The molecule has 1 atom stereocenters. The lowest BCUT2D eigenvalue weighted by atomic mass is 9.88. The number of rotatable bonds is 7. The molecule has 1 N–H and O–H groups in total. The summed E-state index contributed by atoms with van der Waals surface area (Å²) in [6, 6.07) is 5.32. The molecule has 0 aliphatic heterocycles. The molecule has 0 aromatic heterocycles. The summed E-state index contributed by atoms with van der Waals surface area (Å²) in [6.45, 7) is 5.66. The van der Waals surface area contributed by atoms with E-state index in [0.717, 1.165) is 5.56 Å². The number of aryl methyl sites for hydroxylation is 1. The Morgan fingerprint density at radius 1 is 1.50 bits per heavy atom. The van der Waals surface area contributed by atoms with E-state index < -0.39 is 11.5 Å². The van der Waals surface area contributed by atoms with Gasteiger partial charge in [0.1, 0.15) is 5.75 Å². The molecule has 20 heavy (non-hydrogen) atoms. The highest BCUT2D eigenvalue weighted by Gasteiger charge is 2.42. The molecule has 0 aliphatic carbocycles. The summed E-state index contributed by atoms with van der Waals surface area (Å²) in [5.74, 6) is -0.620. The van der Waals surface area contributed by atoms with Crippen molar-refractivity contribution < 1.29 is 19.4 Å². The minimum atomic E-state index is -1.45. The average Bonchev–Trinajstić information content (AvgIpc) is 2.43. The number of ether oxygens (including phenoxy) is 1. The fraction of sp³-hybridized carbons (Fsp3) is 0.467. The number of hydrogen-bond donors (Lipinski definition) is 1. The van der Waals surface area contributed by atoms with Gasteiger partial charge in [0.15, 0.2) is 5.54 Å². The predicted molar refractivity (Wildman–Crippen MR) is 75.8 cm³/mol. The zero-order chi connectivity index (χ0) is 15.3. The van der Waals surface area contributed by atoms with Crippen molar-refractivity contribution in [3.8, 4) is 5.75 Å². The summed E-state index contributed by atoms with van der Waals surface area (Å²) < 4.78 is 5.26. The van der Waals surface area contributed by atoms with Gasteiger partial charge in [0.2, 0.25) is 6.41 Å². The van der Waals surface area contributed by atoms with Crippen LogP contribution in [-0.4, -0.2) is 36.0 Å². The number of nitrogens with zero attached hydrogens (tertiary/aromatic N) is 1. The highest BCUT2D eigenvalue weighted by Crippen LogP contribution is 2.35. The minimum Gasteiger partial charge on any atom is -0.496 e. The summed E-state index contributed by atoms with van der Waals surface area (Å²) in [5, 5.41) is 9.67. The third kappa shape index (κ3) is 2.76. The van der Waals surface area contributed by atoms with Gasteiger partial charge in [-0.15, -0.1) is 0 Å². The van der Waals surface area contributed by atoms with E-state index in [0.29, 0.717) is 30.7 Å².